The standard InChI is InChI=1S/C28H28N2O5/c1-16-11-17(2)13-21(12-16)29-15-19(14-24(29)31)28(34)35-22-9-7-20(8-10-22)30-26(32)23-6-4-5-18(3)25(23)27(30)33/h4-5,7-13,18-19,23,25H,6,14-15H2,1-3H3/t18-,19+,23-,25+/m1/s1. The highest BCUT2D eigenvalue weighted by Gasteiger charge is 2.50. The van der Waals surface area contributed by atoms with Gasteiger partial charge < -0.3 is 9.64 Å². The fourth-order valence-corrected chi connectivity index (χ4v) is 5.49. The van der Waals surface area contributed by atoms with Crippen molar-refractivity contribution < 1.29 is 23.9 Å². The zero-order chi connectivity index (χ0) is 24.9. The van der Waals surface area contributed by atoms with Gasteiger partial charge in [0.05, 0.1) is 23.4 Å². The quantitative estimate of drug-likeness (QED) is 0.291. The van der Waals surface area contributed by atoms with Crippen molar-refractivity contribution >= 4 is 35.1 Å². The minimum Gasteiger partial charge on any atom is -0.426 e. The van der Waals surface area contributed by atoms with Crippen LogP contribution < -0.4 is 14.5 Å². The number of hydrogen-bond donors (Lipinski definition) is 0. The van der Waals surface area contributed by atoms with Crippen molar-refractivity contribution in [2.75, 3.05) is 16.3 Å². The Balaban J connectivity index is 1.25. The van der Waals surface area contributed by atoms with Gasteiger partial charge in [0.15, 0.2) is 0 Å². The first-order valence-electron chi connectivity index (χ1n) is 12.0. The van der Waals surface area contributed by atoms with Gasteiger partial charge in [0.25, 0.3) is 0 Å². The van der Waals surface area contributed by atoms with E-state index >= 15 is 0 Å². The van der Waals surface area contributed by atoms with Crippen LogP contribution in [0.3, 0.4) is 0 Å². The van der Waals surface area contributed by atoms with Crippen molar-refractivity contribution in [2.45, 2.75) is 33.6 Å². The van der Waals surface area contributed by atoms with Gasteiger partial charge in [-0.15, -0.1) is 0 Å². The number of nitrogens with zero attached hydrogens (tertiary/aromatic N) is 2. The molecule has 180 valence electrons. The summed E-state index contributed by atoms with van der Waals surface area (Å²) in [5, 5.41) is 0. The molecule has 2 fully saturated rings. The Labute approximate surface area is 204 Å². The van der Waals surface area contributed by atoms with E-state index in [-0.39, 0.29) is 48.4 Å². The first-order chi connectivity index (χ1) is 16.7. The number of esters is 1. The minimum atomic E-state index is -0.568. The molecule has 7 heteroatoms. The molecule has 7 nitrogen and oxygen atoms in total. The van der Waals surface area contributed by atoms with Crippen molar-refractivity contribution in [2.24, 2.45) is 23.7 Å². The summed E-state index contributed by atoms with van der Waals surface area (Å²) in [6, 6.07) is 12.3. The number of allylic oxidation sites excluding steroid dienone is 2. The third-order valence-corrected chi connectivity index (χ3v) is 7.16. The Kier molecular flexibility index (Phi) is 5.79. The summed E-state index contributed by atoms with van der Waals surface area (Å²) in [5.41, 5.74) is 3.37. The molecule has 2 heterocycles. The molecular formula is C28H28N2O5. The van der Waals surface area contributed by atoms with Gasteiger partial charge in [-0.3, -0.25) is 24.1 Å². The molecule has 2 aromatic carbocycles. The average Bonchev–Trinajstić information content (AvgIpc) is 3.32. The fraction of sp³-hybridized carbons (Fsp3) is 0.357. The topological polar surface area (TPSA) is 84.0 Å². The van der Waals surface area contributed by atoms with Crippen molar-refractivity contribution in [3.05, 3.63) is 65.7 Å². The molecule has 5 rings (SSSR count). The largest absolute Gasteiger partial charge is 0.426 e. The molecule has 0 radical (unpaired) electrons. The number of rotatable bonds is 4. The summed E-state index contributed by atoms with van der Waals surface area (Å²) in [4.78, 5) is 54.1. The summed E-state index contributed by atoms with van der Waals surface area (Å²) in [6.07, 6.45) is 4.63. The van der Waals surface area contributed by atoms with Crippen molar-refractivity contribution in [1.82, 2.24) is 0 Å². The number of hydrogen-bond acceptors (Lipinski definition) is 5. The summed E-state index contributed by atoms with van der Waals surface area (Å²) >= 11 is 0. The molecule has 2 aliphatic heterocycles. The third kappa shape index (κ3) is 4.16. The number of imide groups is 1. The molecule has 1 aliphatic carbocycles. The van der Waals surface area contributed by atoms with Crippen LogP contribution in [0.15, 0.2) is 54.6 Å². The van der Waals surface area contributed by atoms with Gasteiger partial charge in [-0.2, -0.15) is 0 Å². The van der Waals surface area contributed by atoms with Crippen LogP contribution in [-0.2, 0) is 19.2 Å². The number of fused-ring (bicyclic) bond motifs is 1. The number of ether oxygens (including phenoxy) is 1. The molecule has 0 unspecified atom stereocenters. The van der Waals surface area contributed by atoms with Gasteiger partial charge in [-0.25, -0.2) is 0 Å². The van der Waals surface area contributed by atoms with E-state index in [0.29, 0.717) is 17.9 Å². The van der Waals surface area contributed by atoms with Gasteiger partial charge in [-0.05, 0) is 73.7 Å². The van der Waals surface area contributed by atoms with Crippen LogP contribution in [0.5, 0.6) is 5.75 Å². The summed E-state index contributed by atoms with van der Waals surface area (Å²) in [5.74, 6) is -1.84. The number of aryl methyl sites for hydroxylation is 2. The third-order valence-electron chi connectivity index (χ3n) is 7.16. The molecule has 2 saturated heterocycles. The SMILES string of the molecule is Cc1cc(C)cc(N2C[C@@H](C(=O)Oc3ccc(N4C(=O)[C@H]5[C@H](C)C=CC[C@H]5C4=O)cc3)CC2=O)c1. The van der Waals surface area contributed by atoms with Gasteiger partial charge in [0, 0.05) is 18.7 Å². The first kappa shape index (κ1) is 23.0. The number of benzene rings is 2. The normalized spacial score (nSPS) is 25.9. The van der Waals surface area contributed by atoms with E-state index in [1.165, 1.54) is 4.90 Å². The second kappa shape index (κ2) is 8.80. The van der Waals surface area contributed by atoms with Crippen LogP contribution in [0.1, 0.15) is 30.9 Å². The predicted molar refractivity (Wildman–Crippen MR) is 131 cm³/mol. The number of carbonyl (C=O) groups is 4. The lowest BCUT2D eigenvalue weighted by atomic mass is 9.78. The highest BCUT2D eigenvalue weighted by molar-refractivity contribution is 6.22. The molecule has 2 aromatic rings. The van der Waals surface area contributed by atoms with Gasteiger partial charge >= 0.3 is 5.97 Å². The van der Waals surface area contributed by atoms with E-state index in [2.05, 4.69) is 0 Å². The minimum absolute atomic E-state index is 0.0211. The summed E-state index contributed by atoms with van der Waals surface area (Å²) in [6.45, 7) is 6.17. The maximum atomic E-state index is 13.0. The van der Waals surface area contributed by atoms with Crippen molar-refractivity contribution in [3.63, 3.8) is 0 Å². The Morgan fingerprint density at radius 3 is 2.29 bits per heavy atom. The second-order valence-corrected chi connectivity index (χ2v) is 9.83. The van der Waals surface area contributed by atoms with Gasteiger partial charge in [-0.1, -0.05) is 25.1 Å². The molecular weight excluding hydrogens is 444 g/mol. The zero-order valence-electron chi connectivity index (χ0n) is 20.1. The molecule has 4 atom stereocenters. The smallest absolute Gasteiger partial charge is 0.316 e. The van der Waals surface area contributed by atoms with E-state index in [1.54, 1.807) is 29.2 Å². The van der Waals surface area contributed by atoms with Gasteiger partial charge in [0.1, 0.15) is 5.75 Å². The van der Waals surface area contributed by atoms with Crippen LogP contribution in [0.4, 0.5) is 11.4 Å². The lowest BCUT2D eigenvalue weighted by molar-refractivity contribution is -0.139. The first-order valence-corrected chi connectivity index (χ1v) is 12.0. The molecule has 3 amide bonds. The van der Waals surface area contributed by atoms with Gasteiger partial charge in [0.2, 0.25) is 17.7 Å². The maximum absolute atomic E-state index is 13.0. The van der Waals surface area contributed by atoms with E-state index in [0.717, 1.165) is 16.8 Å². The lowest BCUT2D eigenvalue weighted by Gasteiger charge is -2.22. The number of carbonyl (C=O) groups excluding carboxylic acids is 4. The number of amides is 3. The summed E-state index contributed by atoms with van der Waals surface area (Å²) in [7, 11) is 0. The summed E-state index contributed by atoms with van der Waals surface area (Å²) < 4.78 is 5.55. The molecule has 3 aliphatic rings. The Bertz CT molecular complexity index is 1230. The van der Waals surface area contributed by atoms with Crippen LogP contribution in [-0.4, -0.2) is 30.2 Å². The van der Waals surface area contributed by atoms with Crippen LogP contribution in [0.2, 0.25) is 0 Å². The fourth-order valence-electron chi connectivity index (χ4n) is 5.49. The second-order valence-electron chi connectivity index (χ2n) is 9.83. The molecule has 0 bridgehead atoms. The predicted octanol–water partition coefficient (Wildman–Crippen LogP) is 3.96. The molecule has 0 saturated carbocycles. The Morgan fingerprint density at radius 2 is 1.63 bits per heavy atom. The van der Waals surface area contributed by atoms with Crippen LogP contribution >= 0.6 is 0 Å². The zero-order valence-corrected chi connectivity index (χ0v) is 20.1. The molecule has 0 spiro atoms. The van der Waals surface area contributed by atoms with E-state index in [4.69, 9.17) is 4.74 Å². The van der Waals surface area contributed by atoms with Crippen molar-refractivity contribution in [3.8, 4) is 5.75 Å². The monoisotopic (exact) mass is 472 g/mol. The number of anilines is 2. The highest BCUT2D eigenvalue weighted by Crippen LogP contribution is 2.40. The Morgan fingerprint density at radius 1 is 0.943 bits per heavy atom. The van der Waals surface area contributed by atoms with E-state index < -0.39 is 11.9 Å². The van der Waals surface area contributed by atoms with Crippen LogP contribution in [0, 0.1) is 37.5 Å². The van der Waals surface area contributed by atoms with E-state index in [1.807, 2.05) is 51.1 Å². The molecule has 0 aromatic heterocycles. The Hall–Kier alpha value is -3.74. The lowest BCUT2D eigenvalue weighted by Crippen LogP contribution is -2.31. The molecule has 35 heavy (non-hydrogen) atoms. The van der Waals surface area contributed by atoms with Crippen molar-refractivity contribution in [1.29, 1.82) is 0 Å². The maximum Gasteiger partial charge on any atom is 0.316 e. The van der Waals surface area contributed by atoms with E-state index in [9.17, 15) is 19.2 Å². The average molecular weight is 473 g/mol. The highest BCUT2D eigenvalue weighted by atomic mass is 16.5. The van der Waals surface area contributed by atoms with Crippen LogP contribution in [0.25, 0.3) is 0 Å². The molecule has 0 N–H and O–H groups in total.